The number of ether oxygens (including phenoxy) is 4. The summed E-state index contributed by atoms with van der Waals surface area (Å²) < 4.78 is 23.8. The number of rotatable bonds is 13. The van der Waals surface area contributed by atoms with E-state index in [-0.39, 0.29) is 18.7 Å². The van der Waals surface area contributed by atoms with Gasteiger partial charge in [-0.2, -0.15) is 0 Å². The van der Waals surface area contributed by atoms with Crippen LogP contribution in [0.3, 0.4) is 0 Å². The first kappa shape index (κ1) is 34.5. The maximum absolute atomic E-state index is 13.9. The van der Waals surface area contributed by atoms with Crippen molar-refractivity contribution in [3.8, 4) is 17.2 Å². The van der Waals surface area contributed by atoms with Gasteiger partial charge >= 0.3 is 6.09 Å². The van der Waals surface area contributed by atoms with E-state index in [0.717, 1.165) is 33.8 Å². The molecule has 6 rings (SSSR count). The Bertz CT molecular complexity index is 1750. The summed E-state index contributed by atoms with van der Waals surface area (Å²) in [6, 6.07) is 24.6. The summed E-state index contributed by atoms with van der Waals surface area (Å²) in [5.41, 5.74) is 8.22. The quantitative estimate of drug-likeness (QED) is 0.140. The first-order chi connectivity index (χ1) is 24.4. The molecule has 264 valence electrons. The third-order valence-corrected chi connectivity index (χ3v) is 9.08. The standard InChI is InChI=1S/C37H45N7O6/c1-47-29-11-7-10-28(19-29)41-35-34-27(14-17-44(34)40-24-39-35)21-43-16-15-31(42-37(46)50-23-25-8-5-4-6-9-25)30(22-43)36(45)38-20-26-12-13-32(48-2)33(18-26)49-3/h4-14,17-19,30-31,35,39-41H,15-16,20-24H2,1-3H3,(H,38,45)(H,42,46). The number of amides is 2. The molecule has 4 aromatic rings. The predicted octanol–water partition coefficient (Wildman–Crippen LogP) is 4.16. The molecule has 0 aliphatic carbocycles. The number of benzene rings is 3. The molecule has 50 heavy (non-hydrogen) atoms. The number of aromatic nitrogens is 1. The number of methoxy groups -OCH3 is 3. The minimum Gasteiger partial charge on any atom is -0.497 e. The van der Waals surface area contributed by atoms with Gasteiger partial charge < -0.3 is 40.3 Å². The fourth-order valence-corrected chi connectivity index (χ4v) is 6.48. The van der Waals surface area contributed by atoms with Crippen LogP contribution in [0.2, 0.25) is 0 Å². The van der Waals surface area contributed by atoms with Crippen LogP contribution in [0.1, 0.15) is 35.0 Å². The summed E-state index contributed by atoms with van der Waals surface area (Å²) in [5, 5.41) is 13.2. The average molecular weight is 684 g/mol. The third-order valence-electron chi connectivity index (χ3n) is 9.08. The van der Waals surface area contributed by atoms with Gasteiger partial charge in [0.25, 0.3) is 0 Å². The highest BCUT2D eigenvalue weighted by molar-refractivity contribution is 5.81. The molecule has 3 atom stereocenters. The molecule has 1 fully saturated rings. The van der Waals surface area contributed by atoms with Crippen LogP contribution in [-0.2, 0) is 29.2 Å². The molecule has 13 nitrogen and oxygen atoms in total. The van der Waals surface area contributed by atoms with Crippen LogP contribution in [0.25, 0.3) is 0 Å². The lowest BCUT2D eigenvalue weighted by Gasteiger charge is -2.38. The number of carbonyl (C=O) groups is 2. The Kier molecular flexibility index (Phi) is 11.3. The molecule has 13 heteroatoms. The van der Waals surface area contributed by atoms with Gasteiger partial charge in [-0.15, -0.1) is 0 Å². The molecule has 3 heterocycles. The van der Waals surface area contributed by atoms with Gasteiger partial charge in [-0.3, -0.25) is 19.7 Å². The van der Waals surface area contributed by atoms with Crippen LogP contribution in [-0.4, -0.2) is 68.7 Å². The van der Waals surface area contributed by atoms with Crippen molar-refractivity contribution in [3.63, 3.8) is 0 Å². The number of nitrogens with one attached hydrogen (secondary N) is 5. The summed E-state index contributed by atoms with van der Waals surface area (Å²) in [4.78, 5) is 29.1. The Labute approximate surface area is 292 Å². The van der Waals surface area contributed by atoms with Crippen molar-refractivity contribution in [2.24, 2.45) is 5.92 Å². The summed E-state index contributed by atoms with van der Waals surface area (Å²) in [6.45, 7) is 2.77. The Morgan fingerprint density at radius 3 is 2.54 bits per heavy atom. The summed E-state index contributed by atoms with van der Waals surface area (Å²) in [7, 11) is 4.82. The largest absolute Gasteiger partial charge is 0.497 e. The van der Waals surface area contributed by atoms with Gasteiger partial charge in [0, 0.05) is 50.2 Å². The zero-order valence-corrected chi connectivity index (χ0v) is 28.6. The fraction of sp³-hybridized carbons (Fsp3) is 0.351. The van der Waals surface area contributed by atoms with E-state index in [1.165, 1.54) is 0 Å². The first-order valence-corrected chi connectivity index (χ1v) is 16.7. The van der Waals surface area contributed by atoms with E-state index >= 15 is 0 Å². The number of carbonyl (C=O) groups excluding carboxylic acids is 2. The van der Waals surface area contributed by atoms with E-state index < -0.39 is 18.1 Å². The summed E-state index contributed by atoms with van der Waals surface area (Å²) in [6.07, 6.45) is 1.89. The van der Waals surface area contributed by atoms with Crippen LogP contribution in [0.4, 0.5) is 10.5 Å². The molecule has 0 saturated carbocycles. The fourth-order valence-electron chi connectivity index (χ4n) is 6.48. The molecule has 3 unspecified atom stereocenters. The van der Waals surface area contributed by atoms with E-state index in [4.69, 9.17) is 18.9 Å². The normalized spacial score (nSPS) is 18.6. The lowest BCUT2D eigenvalue weighted by molar-refractivity contribution is -0.127. The lowest BCUT2D eigenvalue weighted by Crippen LogP contribution is -2.55. The first-order valence-electron chi connectivity index (χ1n) is 16.7. The Hall–Kier alpha value is -5.40. The van der Waals surface area contributed by atoms with Gasteiger partial charge in [0.1, 0.15) is 18.5 Å². The molecular formula is C37H45N7O6. The molecule has 0 radical (unpaired) electrons. The van der Waals surface area contributed by atoms with Gasteiger partial charge in [0.2, 0.25) is 5.91 Å². The minimum atomic E-state index is -0.546. The third kappa shape index (κ3) is 8.41. The van der Waals surface area contributed by atoms with Crippen molar-refractivity contribution in [1.82, 2.24) is 25.5 Å². The second-order valence-corrected chi connectivity index (χ2v) is 12.3. The van der Waals surface area contributed by atoms with Crippen molar-refractivity contribution in [2.45, 2.75) is 38.3 Å². The van der Waals surface area contributed by atoms with Crippen molar-refractivity contribution in [3.05, 3.63) is 107 Å². The highest BCUT2D eigenvalue weighted by atomic mass is 16.5. The maximum atomic E-state index is 13.9. The smallest absolute Gasteiger partial charge is 0.407 e. The van der Waals surface area contributed by atoms with Gasteiger partial charge in [0.15, 0.2) is 11.5 Å². The average Bonchev–Trinajstić information content (AvgIpc) is 3.57. The van der Waals surface area contributed by atoms with E-state index in [9.17, 15) is 9.59 Å². The van der Waals surface area contributed by atoms with E-state index in [2.05, 4.69) is 37.7 Å². The number of nitrogens with zero attached hydrogens (tertiary/aromatic N) is 2. The second-order valence-electron chi connectivity index (χ2n) is 12.3. The predicted molar refractivity (Wildman–Crippen MR) is 189 cm³/mol. The zero-order valence-electron chi connectivity index (χ0n) is 28.6. The van der Waals surface area contributed by atoms with Crippen LogP contribution in [0, 0.1) is 5.92 Å². The monoisotopic (exact) mass is 683 g/mol. The minimum absolute atomic E-state index is 0.147. The van der Waals surface area contributed by atoms with Gasteiger partial charge in [-0.05, 0) is 53.4 Å². The Balaban J connectivity index is 1.15. The van der Waals surface area contributed by atoms with Crippen LogP contribution < -0.4 is 40.9 Å². The zero-order chi connectivity index (χ0) is 34.9. The number of fused-ring (bicyclic) bond motifs is 1. The number of anilines is 1. The van der Waals surface area contributed by atoms with Crippen molar-refractivity contribution < 1.29 is 28.5 Å². The van der Waals surface area contributed by atoms with Crippen molar-refractivity contribution in [1.29, 1.82) is 0 Å². The Morgan fingerprint density at radius 1 is 0.900 bits per heavy atom. The molecule has 2 amide bonds. The molecule has 1 aromatic heterocycles. The summed E-state index contributed by atoms with van der Waals surface area (Å²) >= 11 is 0. The molecular weight excluding hydrogens is 638 g/mol. The topological polar surface area (TPSA) is 139 Å². The SMILES string of the molecule is COc1cccc(NC2NCNn3ccc(CN4CCC(NC(=O)OCc5ccccc5)C(C(=O)NCc5ccc(OC)c(OC)c5)C4)c32)c1. The van der Waals surface area contributed by atoms with Crippen LogP contribution >= 0.6 is 0 Å². The van der Waals surface area contributed by atoms with Crippen molar-refractivity contribution >= 4 is 17.7 Å². The highest BCUT2D eigenvalue weighted by Gasteiger charge is 2.36. The van der Waals surface area contributed by atoms with Crippen molar-refractivity contribution in [2.75, 3.05) is 51.8 Å². The molecule has 0 spiro atoms. The van der Waals surface area contributed by atoms with Crippen LogP contribution in [0.15, 0.2) is 85.1 Å². The molecule has 5 N–H and O–H groups in total. The molecule has 0 bridgehead atoms. The molecule has 3 aromatic carbocycles. The van der Waals surface area contributed by atoms with E-state index in [0.29, 0.717) is 50.8 Å². The van der Waals surface area contributed by atoms with Gasteiger partial charge in [-0.1, -0.05) is 42.5 Å². The van der Waals surface area contributed by atoms with Gasteiger partial charge in [0.05, 0.1) is 39.6 Å². The number of alkyl carbamates (subject to hydrolysis) is 1. The second kappa shape index (κ2) is 16.3. The Morgan fingerprint density at radius 2 is 1.74 bits per heavy atom. The van der Waals surface area contributed by atoms with E-state index in [1.54, 1.807) is 21.3 Å². The van der Waals surface area contributed by atoms with E-state index in [1.807, 2.05) is 83.7 Å². The summed E-state index contributed by atoms with van der Waals surface area (Å²) in [5.74, 6) is 1.30. The number of hydrogen-bond acceptors (Lipinski definition) is 10. The lowest BCUT2D eigenvalue weighted by atomic mass is 9.90. The highest BCUT2D eigenvalue weighted by Crippen LogP contribution is 2.29. The molecule has 2 aliphatic rings. The number of likely N-dealkylation sites (tertiary alicyclic amines) is 1. The maximum Gasteiger partial charge on any atom is 0.407 e. The van der Waals surface area contributed by atoms with Gasteiger partial charge in [-0.25, -0.2) is 4.79 Å². The number of hydrogen-bond donors (Lipinski definition) is 5. The van der Waals surface area contributed by atoms with Crippen LogP contribution in [0.5, 0.6) is 17.2 Å². The number of piperidine rings is 1. The molecule has 1 saturated heterocycles. The molecule has 2 aliphatic heterocycles.